The molecule has 164 valence electrons. The summed E-state index contributed by atoms with van der Waals surface area (Å²) in [7, 11) is 3.56. The number of imidazole rings is 1. The Morgan fingerprint density at radius 3 is 2.48 bits per heavy atom. The first kappa shape index (κ1) is 20.8. The minimum atomic E-state index is -0.464. The van der Waals surface area contributed by atoms with Crippen LogP contribution in [-0.2, 0) is 14.1 Å². The van der Waals surface area contributed by atoms with Gasteiger partial charge in [-0.2, -0.15) is 0 Å². The Morgan fingerprint density at radius 1 is 1.00 bits per heavy atom. The van der Waals surface area contributed by atoms with Gasteiger partial charge >= 0.3 is 0 Å². The summed E-state index contributed by atoms with van der Waals surface area (Å²) in [6.07, 6.45) is 0. The lowest BCUT2D eigenvalue weighted by atomic mass is 10.0. The summed E-state index contributed by atoms with van der Waals surface area (Å²) in [5.74, 6) is 0.447. The highest BCUT2D eigenvalue weighted by Gasteiger charge is 2.23. The molecule has 5 aromatic rings. The summed E-state index contributed by atoms with van der Waals surface area (Å²) in [6.45, 7) is 0. The van der Waals surface area contributed by atoms with Crippen molar-refractivity contribution in [3.63, 3.8) is 0 Å². The highest BCUT2D eigenvalue weighted by Crippen LogP contribution is 2.25. The molecule has 7 nitrogen and oxygen atoms in total. The predicted octanol–water partition coefficient (Wildman–Crippen LogP) is 4.00. The quantitative estimate of drug-likeness (QED) is 0.401. The van der Waals surface area contributed by atoms with Crippen LogP contribution < -0.4 is 10.9 Å². The summed E-state index contributed by atoms with van der Waals surface area (Å²) >= 11 is 5.22. The normalized spacial score (nSPS) is 12.2. The van der Waals surface area contributed by atoms with Gasteiger partial charge < -0.3 is 14.9 Å². The molecule has 0 bridgehead atoms. The van der Waals surface area contributed by atoms with E-state index in [1.165, 1.54) is 4.57 Å². The number of H-pyrrole nitrogens is 1. The van der Waals surface area contributed by atoms with E-state index in [0.717, 1.165) is 22.4 Å². The molecule has 0 spiro atoms. The van der Waals surface area contributed by atoms with Gasteiger partial charge in [-0.15, -0.1) is 0 Å². The molecule has 0 aliphatic heterocycles. The third kappa shape index (κ3) is 3.64. The number of nitrogens with zero attached hydrogens (tertiary/aromatic N) is 3. The van der Waals surface area contributed by atoms with Crippen LogP contribution in [-0.4, -0.2) is 25.0 Å². The number of aromatic amines is 1. The predicted molar refractivity (Wildman–Crippen MR) is 131 cm³/mol. The van der Waals surface area contributed by atoms with Crippen LogP contribution in [0.3, 0.4) is 0 Å². The average Bonchev–Trinajstić information content (AvgIpc) is 3.17. The Morgan fingerprint density at radius 2 is 1.73 bits per heavy atom. The van der Waals surface area contributed by atoms with E-state index in [4.69, 9.17) is 17.2 Å². The third-order valence-corrected chi connectivity index (χ3v) is 6.23. The molecule has 1 atom stereocenters. The number of amides is 1. The van der Waals surface area contributed by atoms with Crippen LogP contribution >= 0.6 is 12.2 Å². The number of carbonyl (C=O) groups is 1. The molecular weight excluding hydrogens is 434 g/mol. The molecule has 0 aliphatic rings. The lowest BCUT2D eigenvalue weighted by Crippen LogP contribution is -2.31. The zero-order chi connectivity index (χ0) is 23.1. The molecule has 2 heterocycles. The lowest BCUT2D eigenvalue weighted by Gasteiger charge is -2.19. The van der Waals surface area contributed by atoms with E-state index >= 15 is 0 Å². The molecule has 0 fully saturated rings. The van der Waals surface area contributed by atoms with Crippen LogP contribution in [0.4, 0.5) is 0 Å². The van der Waals surface area contributed by atoms with Gasteiger partial charge in [0.15, 0.2) is 4.77 Å². The highest BCUT2D eigenvalue weighted by molar-refractivity contribution is 7.71. The molecule has 5 rings (SSSR count). The fourth-order valence-electron chi connectivity index (χ4n) is 4.03. The van der Waals surface area contributed by atoms with Crippen LogP contribution in [0.1, 0.15) is 27.8 Å². The van der Waals surface area contributed by atoms with Crippen LogP contribution in [0.5, 0.6) is 0 Å². The van der Waals surface area contributed by atoms with Gasteiger partial charge in [0.1, 0.15) is 11.9 Å². The van der Waals surface area contributed by atoms with Crippen molar-refractivity contribution >= 4 is 40.1 Å². The molecule has 0 aliphatic carbocycles. The Hall–Kier alpha value is -4.04. The number of aryl methyl sites for hydroxylation is 1. The summed E-state index contributed by atoms with van der Waals surface area (Å²) in [4.78, 5) is 33.6. The maximum atomic E-state index is 13.3. The summed E-state index contributed by atoms with van der Waals surface area (Å²) in [5.41, 5.74) is 3.49. The van der Waals surface area contributed by atoms with Gasteiger partial charge in [-0.25, -0.2) is 4.98 Å². The Kier molecular flexibility index (Phi) is 5.14. The van der Waals surface area contributed by atoms with Crippen LogP contribution in [0.25, 0.3) is 21.9 Å². The maximum absolute atomic E-state index is 13.3. The Balaban J connectivity index is 1.58. The molecule has 33 heavy (non-hydrogen) atoms. The summed E-state index contributed by atoms with van der Waals surface area (Å²) in [6, 6.07) is 22.1. The van der Waals surface area contributed by atoms with E-state index < -0.39 is 6.04 Å². The van der Waals surface area contributed by atoms with E-state index in [9.17, 15) is 9.59 Å². The zero-order valence-corrected chi connectivity index (χ0v) is 18.9. The van der Waals surface area contributed by atoms with Crippen molar-refractivity contribution in [2.75, 3.05) is 0 Å². The Labute approximate surface area is 194 Å². The largest absolute Gasteiger partial charge is 0.338 e. The van der Waals surface area contributed by atoms with Crippen molar-refractivity contribution in [3.8, 4) is 0 Å². The summed E-state index contributed by atoms with van der Waals surface area (Å²) in [5, 5.41) is 3.60. The molecule has 2 N–H and O–H groups in total. The first-order valence-corrected chi connectivity index (χ1v) is 10.8. The molecule has 2 aromatic heterocycles. The standard InChI is InChI=1S/C25H21N5O2S/c1-29-20-11-7-6-10-18(20)26-22(29)21(15-8-4-3-5-9-15)28-23(31)16-12-13-17-19(14-16)27-25(33)30(2)24(17)32/h3-14,21H,1-2H3,(H,27,33)(H,28,31). The molecule has 3 aromatic carbocycles. The molecule has 8 heteroatoms. The molecular formula is C25H21N5O2S. The number of nitrogens with one attached hydrogen (secondary N) is 2. The SMILES string of the molecule is Cn1c(=S)[nH]c2cc(C(=O)NC(c3ccccc3)c3nc4ccccc4n3C)ccc2c1=O. The molecule has 0 saturated carbocycles. The van der Waals surface area contributed by atoms with Crippen molar-refractivity contribution in [1.82, 2.24) is 24.4 Å². The molecule has 0 radical (unpaired) electrons. The zero-order valence-electron chi connectivity index (χ0n) is 18.1. The molecule has 1 unspecified atom stereocenters. The van der Waals surface area contributed by atoms with Crippen LogP contribution in [0.2, 0.25) is 0 Å². The molecule has 1 amide bonds. The van der Waals surface area contributed by atoms with Gasteiger partial charge in [0.2, 0.25) is 0 Å². The number of rotatable bonds is 4. The van der Waals surface area contributed by atoms with Crippen molar-refractivity contribution in [2.45, 2.75) is 6.04 Å². The van der Waals surface area contributed by atoms with Crippen molar-refractivity contribution in [1.29, 1.82) is 0 Å². The van der Waals surface area contributed by atoms with E-state index in [1.807, 2.05) is 66.2 Å². The number of carbonyl (C=O) groups excluding carboxylic acids is 1. The second-order valence-electron chi connectivity index (χ2n) is 7.89. The first-order valence-electron chi connectivity index (χ1n) is 10.4. The number of para-hydroxylation sites is 2. The highest BCUT2D eigenvalue weighted by atomic mass is 32.1. The number of aromatic nitrogens is 4. The first-order chi connectivity index (χ1) is 15.9. The maximum Gasteiger partial charge on any atom is 0.261 e. The Bertz CT molecular complexity index is 1630. The van der Waals surface area contributed by atoms with Crippen molar-refractivity contribution < 1.29 is 4.79 Å². The van der Waals surface area contributed by atoms with Crippen LogP contribution in [0, 0.1) is 4.77 Å². The number of fused-ring (bicyclic) bond motifs is 2. The second kappa shape index (κ2) is 8.14. The van der Waals surface area contributed by atoms with Crippen molar-refractivity contribution in [3.05, 3.63) is 105 Å². The van der Waals surface area contributed by atoms with Gasteiger partial charge in [-0.3, -0.25) is 14.2 Å². The smallest absolute Gasteiger partial charge is 0.261 e. The minimum Gasteiger partial charge on any atom is -0.338 e. The fourth-order valence-corrected chi connectivity index (χ4v) is 4.22. The number of benzene rings is 3. The van der Waals surface area contributed by atoms with Gasteiger partial charge in [-0.05, 0) is 48.1 Å². The van der Waals surface area contributed by atoms with Gasteiger partial charge in [0, 0.05) is 19.7 Å². The monoisotopic (exact) mass is 455 g/mol. The van der Waals surface area contributed by atoms with E-state index in [-0.39, 0.29) is 11.5 Å². The topological polar surface area (TPSA) is 84.7 Å². The van der Waals surface area contributed by atoms with E-state index in [0.29, 0.717) is 21.2 Å². The van der Waals surface area contributed by atoms with Gasteiger partial charge in [0.05, 0.1) is 21.9 Å². The lowest BCUT2D eigenvalue weighted by molar-refractivity contribution is 0.0941. The summed E-state index contributed by atoms with van der Waals surface area (Å²) < 4.78 is 3.66. The third-order valence-electron chi connectivity index (χ3n) is 5.85. The van der Waals surface area contributed by atoms with E-state index in [1.54, 1.807) is 25.2 Å². The van der Waals surface area contributed by atoms with Gasteiger partial charge in [0.25, 0.3) is 11.5 Å². The van der Waals surface area contributed by atoms with E-state index in [2.05, 4.69) is 10.3 Å². The minimum absolute atomic E-state index is 0.206. The van der Waals surface area contributed by atoms with Gasteiger partial charge in [-0.1, -0.05) is 42.5 Å². The average molecular weight is 456 g/mol. The van der Waals surface area contributed by atoms with Crippen molar-refractivity contribution in [2.24, 2.45) is 14.1 Å². The number of hydrogen-bond donors (Lipinski definition) is 2. The fraction of sp³-hybridized carbons (Fsp3) is 0.120. The van der Waals surface area contributed by atoms with Crippen LogP contribution in [0.15, 0.2) is 77.6 Å². The second-order valence-corrected chi connectivity index (χ2v) is 8.28. The number of hydrogen-bond acceptors (Lipinski definition) is 4. The molecule has 0 saturated heterocycles.